The van der Waals surface area contributed by atoms with Crippen molar-refractivity contribution in [2.75, 3.05) is 18.9 Å². The summed E-state index contributed by atoms with van der Waals surface area (Å²) in [5, 5.41) is 12.4. The van der Waals surface area contributed by atoms with E-state index < -0.39 is 0 Å². The van der Waals surface area contributed by atoms with E-state index in [0.717, 1.165) is 25.0 Å². The Morgan fingerprint density at radius 1 is 1.42 bits per heavy atom. The van der Waals surface area contributed by atoms with E-state index in [-0.39, 0.29) is 6.04 Å². The lowest BCUT2D eigenvalue weighted by molar-refractivity contribution is 0.0548. The van der Waals surface area contributed by atoms with Crippen molar-refractivity contribution in [2.24, 2.45) is 0 Å². The molecule has 2 N–H and O–H groups in total. The van der Waals surface area contributed by atoms with Gasteiger partial charge in [-0.1, -0.05) is 17.7 Å². The van der Waals surface area contributed by atoms with Crippen LogP contribution in [-0.4, -0.2) is 33.4 Å². The predicted molar refractivity (Wildman–Crippen MR) is 71.8 cm³/mol. The number of nitrogen functional groups attached to an aromatic ring is 1. The number of nitrogens with zero attached hydrogens (tertiary/aromatic N) is 4. The molecule has 1 saturated heterocycles. The van der Waals surface area contributed by atoms with Crippen LogP contribution in [0, 0.1) is 0 Å². The molecule has 1 aliphatic heterocycles. The van der Waals surface area contributed by atoms with Gasteiger partial charge in [0.2, 0.25) is 0 Å². The first-order valence-corrected chi connectivity index (χ1v) is 6.55. The van der Waals surface area contributed by atoms with Gasteiger partial charge in [-0.3, -0.25) is 0 Å². The van der Waals surface area contributed by atoms with E-state index in [2.05, 4.69) is 15.5 Å². The van der Waals surface area contributed by atoms with Crippen LogP contribution >= 0.6 is 11.6 Å². The minimum absolute atomic E-state index is 0.150. The van der Waals surface area contributed by atoms with Gasteiger partial charge in [0.25, 0.3) is 0 Å². The molecule has 1 aromatic heterocycles. The SMILES string of the molecule is Nc1c(Cl)cccc1-c1nnnn1C1CCCOC1. The number of aromatic nitrogens is 4. The molecule has 2 aromatic rings. The van der Waals surface area contributed by atoms with Crippen molar-refractivity contribution >= 4 is 17.3 Å². The fraction of sp³-hybridized carbons (Fsp3) is 0.417. The zero-order valence-electron chi connectivity index (χ0n) is 10.3. The molecule has 7 heteroatoms. The Labute approximate surface area is 115 Å². The molecule has 100 valence electrons. The summed E-state index contributed by atoms with van der Waals surface area (Å²) < 4.78 is 7.26. The lowest BCUT2D eigenvalue weighted by Gasteiger charge is -2.22. The molecule has 3 rings (SSSR count). The van der Waals surface area contributed by atoms with E-state index in [1.165, 1.54) is 0 Å². The van der Waals surface area contributed by atoms with Crippen LogP contribution in [0.1, 0.15) is 18.9 Å². The zero-order valence-corrected chi connectivity index (χ0v) is 11.0. The molecule has 0 spiro atoms. The summed E-state index contributed by atoms with van der Waals surface area (Å²) in [6.07, 6.45) is 2.01. The van der Waals surface area contributed by atoms with Gasteiger partial charge in [0.05, 0.1) is 23.4 Å². The van der Waals surface area contributed by atoms with Crippen molar-refractivity contribution in [3.8, 4) is 11.4 Å². The summed E-state index contributed by atoms with van der Waals surface area (Å²) in [7, 11) is 0. The molecular weight excluding hydrogens is 266 g/mol. The number of hydrogen-bond acceptors (Lipinski definition) is 5. The van der Waals surface area contributed by atoms with Crippen molar-refractivity contribution in [1.82, 2.24) is 20.2 Å². The first-order chi connectivity index (χ1) is 9.27. The molecular formula is C12H14ClN5O. The minimum atomic E-state index is 0.150. The molecule has 0 amide bonds. The number of tetrazole rings is 1. The lowest BCUT2D eigenvalue weighted by Crippen LogP contribution is -2.23. The maximum Gasteiger partial charge on any atom is 0.184 e. The van der Waals surface area contributed by atoms with Gasteiger partial charge in [-0.25, -0.2) is 4.68 Å². The first-order valence-electron chi connectivity index (χ1n) is 6.17. The predicted octanol–water partition coefficient (Wildman–Crippen LogP) is 1.93. The Morgan fingerprint density at radius 2 is 2.32 bits per heavy atom. The summed E-state index contributed by atoms with van der Waals surface area (Å²) >= 11 is 6.04. The van der Waals surface area contributed by atoms with Gasteiger partial charge in [0, 0.05) is 12.2 Å². The number of nitrogens with two attached hydrogens (primary N) is 1. The van der Waals surface area contributed by atoms with Crippen LogP contribution in [0.4, 0.5) is 5.69 Å². The van der Waals surface area contributed by atoms with Crippen LogP contribution in [-0.2, 0) is 4.74 Å². The Hall–Kier alpha value is -1.66. The molecule has 0 radical (unpaired) electrons. The highest BCUT2D eigenvalue weighted by atomic mass is 35.5. The van der Waals surface area contributed by atoms with E-state index in [1.807, 2.05) is 12.1 Å². The number of rotatable bonds is 2. The van der Waals surface area contributed by atoms with Gasteiger partial charge < -0.3 is 10.5 Å². The molecule has 0 saturated carbocycles. The van der Waals surface area contributed by atoms with Gasteiger partial charge in [-0.15, -0.1) is 5.10 Å². The number of anilines is 1. The maximum atomic E-state index is 6.04. The van der Waals surface area contributed by atoms with Crippen LogP contribution in [0.25, 0.3) is 11.4 Å². The molecule has 6 nitrogen and oxygen atoms in total. The molecule has 1 aromatic carbocycles. The fourth-order valence-corrected chi connectivity index (χ4v) is 2.44. The number of hydrogen-bond donors (Lipinski definition) is 1. The average molecular weight is 280 g/mol. The standard InChI is InChI=1S/C12H14ClN5O/c13-10-5-1-4-9(11(10)14)12-15-16-17-18(12)8-3-2-6-19-7-8/h1,4-5,8H,2-3,6-7,14H2. The smallest absolute Gasteiger partial charge is 0.184 e. The van der Waals surface area contributed by atoms with Crippen LogP contribution in [0.3, 0.4) is 0 Å². The Bertz CT molecular complexity index is 579. The fourth-order valence-electron chi connectivity index (χ4n) is 2.27. The molecule has 0 aliphatic carbocycles. The van der Waals surface area contributed by atoms with Crippen molar-refractivity contribution in [3.05, 3.63) is 23.2 Å². The Balaban J connectivity index is 2.01. The molecule has 1 aliphatic rings. The summed E-state index contributed by atoms with van der Waals surface area (Å²) in [5.74, 6) is 0.635. The number of halogens is 1. The third kappa shape index (κ3) is 2.29. The Kier molecular flexibility index (Phi) is 3.35. The van der Waals surface area contributed by atoms with Crippen molar-refractivity contribution in [3.63, 3.8) is 0 Å². The third-order valence-electron chi connectivity index (χ3n) is 3.27. The molecule has 1 fully saturated rings. The van der Waals surface area contributed by atoms with Crippen LogP contribution in [0.2, 0.25) is 5.02 Å². The molecule has 0 bridgehead atoms. The topological polar surface area (TPSA) is 78.9 Å². The lowest BCUT2D eigenvalue weighted by atomic mass is 10.1. The number of para-hydroxylation sites is 1. The highest BCUT2D eigenvalue weighted by Gasteiger charge is 2.22. The highest BCUT2D eigenvalue weighted by molar-refractivity contribution is 6.33. The van der Waals surface area contributed by atoms with Gasteiger partial charge >= 0.3 is 0 Å². The summed E-state index contributed by atoms with van der Waals surface area (Å²) in [4.78, 5) is 0. The van der Waals surface area contributed by atoms with Gasteiger partial charge in [-0.2, -0.15) is 0 Å². The van der Waals surface area contributed by atoms with Crippen molar-refractivity contribution in [1.29, 1.82) is 0 Å². The Morgan fingerprint density at radius 3 is 3.11 bits per heavy atom. The monoisotopic (exact) mass is 279 g/mol. The number of ether oxygens (including phenoxy) is 1. The van der Waals surface area contributed by atoms with E-state index in [0.29, 0.717) is 23.1 Å². The van der Waals surface area contributed by atoms with E-state index in [9.17, 15) is 0 Å². The van der Waals surface area contributed by atoms with Gasteiger partial charge in [-0.05, 0) is 35.4 Å². The molecule has 2 heterocycles. The average Bonchev–Trinajstić information content (AvgIpc) is 2.92. The van der Waals surface area contributed by atoms with Gasteiger partial charge in [0.1, 0.15) is 0 Å². The second kappa shape index (κ2) is 5.14. The van der Waals surface area contributed by atoms with Crippen molar-refractivity contribution < 1.29 is 4.74 Å². The van der Waals surface area contributed by atoms with Gasteiger partial charge in [0.15, 0.2) is 5.82 Å². The quantitative estimate of drug-likeness (QED) is 0.850. The first kappa shape index (κ1) is 12.4. The second-order valence-electron chi connectivity index (χ2n) is 4.52. The molecule has 1 unspecified atom stereocenters. The third-order valence-corrected chi connectivity index (χ3v) is 3.60. The van der Waals surface area contributed by atoms with Crippen LogP contribution < -0.4 is 5.73 Å². The second-order valence-corrected chi connectivity index (χ2v) is 4.93. The van der Waals surface area contributed by atoms with Crippen LogP contribution in [0.5, 0.6) is 0 Å². The van der Waals surface area contributed by atoms with E-state index in [4.69, 9.17) is 22.1 Å². The largest absolute Gasteiger partial charge is 0.397 e. The summed E-state index contributed by atoms with van der Waals surface area (Å²) in [6.45, 7) is 1.42. The minimum Gasteiger partial charge on any atom is -0.397 e. The molecule has 1 atom stereocenters. The van der Waals surface area contributed by atoms with Crippen LogP contribution in [0.15, 0.2) is 18.2 Å². The maximum absolute atomic E-state index is 6.04. The van der Waals surface area contributed by atoms with E-state index in [1.54, 1.807) is 10.7 Å². The normalized spacial score (nSPS) is 19.5. The zero-order chi connectivity index (χ0) is 13.2. The highest BCUT2D eigenvalue weighted by Crippen LogP contribution is 2.32. The molecule has 19 heavy (non-hydrogen) atoms. The summed E-state index contributed by atoms with van der Waals surface area (Å²) in [5.41, 5.74) is 7.25. The van der Waals surface area contributed by atoms with E-state index >= 15 is 0 Å². The van der Waals surface area contributed by atoms with Crippen molar-refractivity contribution in [2.45, 2.75) is 18.9 Å². The summed E-state index contributed by atoms with van der Waals surface area (Å²) in [6, 6.07) is 5.60. The number of benzene rings is 1.